The van der Waals surface area contributed by atoms with Crippen LogP contribution in [0.3, 0.4) is 0 Å². The van der Waals surface area contributed by atoms with Crippen LogP contribution in [0.2, 0.25) is 0 Å². The van der Waals surface area contributed by atoms with E-state index in [2.05, 4.69) is 16.3 Å². The Balaban J connectivity index is 1.60. The molecule has 0 bridgehead atoms. The van der Waals surface area contributed by atoms with Gasteiger partial charge in [-0.25, -0.2) is 0 Å². The Morgan fingerprint density at radius 2 is 1.83 bits per heavy atom. The smallest absolute Gasteiger partial charge is 0.224 e. The van der Waals surface area contributed by atoms with Crippen LogP contribution in [-0.4, -0.2) is 42.2 Å². The van der Waals surface area contributed by atoms with Crippen molar-refractivity contribution in [3.63, 3.8) is 0 Å². The van der Waals surface area contributed by atoms with Gasteiger partial charge >= 0.3 is 0 Å². The van der Waals surface area contributed by atoms with Gasteiger partial charge < -0.3 is 15.3 Å². The Labute approximate surface area is 149 Å². The van der Waals surface area contributed by atoms with Gasteiger partial charge in [-0.05, 0) is 61.2 Å². The predicted molar refractivity (Wildman–Crippen MR) is 102 cm³/mol. The number of hydrogen-bond acceptors (Lipinski definition) is 4. The van der Waals surface area contributed by atoms with Crippen molar-refractivity contribution >= 4 is 29.0 Å². The molecule has 2 aliphatic rings. The highest BCUT2D eigenvalue weighted by Gasteiger charge is 2.22. The summed E-state index contributed by atoms with van der Waals surface area (Å²) in [7, 11) is 0. The summed E-state index contributed by atoms with van der Waals surface area (Å²) in [5, 5.41) is 12.4. The van der Waals surface area contributed by atoms with Crippen LogP contribution in [-0.2, 0) is 4.79 Å². The minimum atomic E-state index is 0.143. The molecule has 1 aromatic carbocycles. The van der Waals surface area contributed by atoms with E-state index < -0.39 is 0 Å². The number of aliphatic hydroxyl groups excluding tert-OH is 1. The van der Waals surface area contributed by atoms with Gasteiger partial charge in [0.25, 0.3) is 0 Å². The fraction of sp³-hybridized carbons (Fsp3) is 0.632. The Kier molecular flexibility index (Phi) is 6.44. The van der Waals surface area contributed by atoms with Crippen LogP contribution in [0.4, 0.5) is 11.4 Å². The average Bonchev–Trinajstić information content (AvgIpc) is 2.63. The molecule has 0 radical (unpaired) electrons. The van der Waals surface area contributed by atoms with Crippen LogP contribution in [0.5, 0.6) is 0 Å². The van der Waals surface area contributed by atoms with E-state index >= 15 is 0 Å². The van der Waals surface area contributed by atoms with Crippen molar-refractivity contribution in [1.29, 1.82) is 0 Å². The van der Waals surface area contributed by atoms with Crippen LogP contribution in [0, 0.1) is 11.8 Å². The number of nitrogens with one attached hydrogen (secondary N) is 1. The molecule has 132 valence electrons. The molecule has 3 rings (SSSR count). The zero-order chi connectivity index (χ0) is 16.8. The lowest BCUT2D eigenvalue weighted by atomic mass is 9.97. The maximum Gasteiger partial charge on any atom is 0.224 e. The van der Waals surface area contributed by atoms with E-state index in [1.807, 2.05) is 30.0 Å². The molecule has 0 aliphatic carbocycles. The van der Waals surface area contributed by atoms with E-state index in [0.717, 1.165) is 50.1 Å². The molecule has 24 heavy (non-hydrogen) atoms. The predicted octanol–water partition coefficient (Wildman–Crippen LogP) is 3.37. The molecule has 0 unspecified atom stereocenters. The first-order valence-corrected chi connectivity index (χ1v) is 10.2. The normalized spacial score (nSPS) is 20.1. The van der Waals surface area contributed by atoms with Crippen LogP contribution in [0.15, 0.2) is 24.3 Å². The summed E-state index contributed by atoms with van der Waals surface area (Å²) < 4.78 is 0. The molecule has 2 N–H and O–H groups in total. The number of anilines is 2. The quantitative estimate of drug-likeness (QED) is 0.857. The van der Waals surface area contributed by atoms with Gasteiger partial charge in [0.2, 0.25) is 5.91 Å². The van der Waals surface area contributed by atoms with Crippen molar-refractivity contribution in [2.24, 2.45) is 11.8 Å². The van der Waals surface area contributed by atoms with Crippen molar-refractivity contribution in [2.75, 3.05) is 41.4 Å². The van der Waals surface area contributed by atoms with E-state index in [4.69, 9.17) is 0 Å². The lowest BCUT2D eigenvalue weighted by Crippen LogP contribution is -2.35. The van der Waals surface area contributed by atoms with Crippen molar-refractivity contribution in [3.05, 3.63) is 24.3 Å². The van der Waals surface area contributed by atoms with E-state index in [9.17, 15) is 9.90 Å². The number of piperidine rings is 1. The molecule has 0 spiro atoms. The Hall–Kier alpha value is -1.20. The maximum atomic E-state index is 12.4. The number of rotatable bonds is 5. The third-order valence-corrected chi connectivity index (χ3v) is 6.26. The first-order chi connectivity index (χ1) is 11.8. The standard InChI is InChI=1S/C19H28N2O2S/c22-14-16-5-9-21(10-6-16)18-4-2-1-3-17(18)20-19(23)13-15-7-11-24-12-8-15/h1-4,15-16,22H,5-14H2,(H,20,23). The van der Waals surface area contributed by atoms with Gasteiger partial charge in [-0.1, -0.05) is 12.1 Å². The van der Waals surface area contributed by atoms with Gasteiger partial charge in [0.15, 0.2) is 0 Å². The fourth-order valence-electron chi connectivity index (χ4n) is 3.63. The second-order valence-corrected chi connectivity index (χ2v) is 8.16. The zero-order valence-corrected chi connectivity index (χ0v) is 15.1. The van der Waals surface area contributed by atoms with E-state index in [-0.39, 0.29) is 12.5 Å². The summed E-state index contributed by atoms with van der Waals surface area (Å²) in [6.07, 6.45) is 4.99. The lowest BCUT2D eigenvalue weighted by molar-refractivity contribution is -0.117. The first kappa shape index (κ1) is 17.6. The molecule has 0 atom stereocenters. The second kappa shape index (κ2) is 8.77. The Morgan fingerprint density at radius 3 is 2.54 bits per heavy atom. The third kappa shape index (κ3) is 4.67. The minimum absolute atomic E-state index is 0.143. The second-order valence-electron chi connectivity index (χ2n) is 6.94. The molecular formula is C19H28N2O2S. The van der Waals surface area contributed by atoms with Gasteiger partial charge in [-0.2, -0.15) is 11.8 Å². The molecule has 2 saturated heterocycles. The minimum Gasteiger partial charge on any atom is -0.396 e. The van der Waals surface area contributed by atoms with Gasteiger partial charge in [0.1, 0.15) is 0 Å². The van der Waals surface area contributed by atoms with E-state index in [1.54, 1.807) is 0 Å². The number of benzene rings is 1. The fourth-order valence-corrected chi connectivity index (χ4v) is 4.83. The number of para-hydroxylation sites is 2. The highest BCUT2D eigenvalue weighted by atomic mass is 32.2. The molecule has 2 aliphatic heterocycles. The molecule has 0 aromatic heterocycles. The number of hydrogen-bond donors (Lipinski definition) is 2. The van der Waals surface area contributed by atoms with Crippen LogP contribution >= 0.6 is 11.8 Å². The molecule has 2 fully saturated rings. The van der Waals surface area contributed by atoms with Gasteiger partial charge in [0, 0.05) is 26.1 Å². The monoisotopic (exact) mass is 348 g/mol. The molecular weight excluding hydrogens is 320 g/mol. The van der Waals surface area contributed by atoms with Crippen molar-refractivity contribution in [1.82, 2.24) is 0 Å². The SMILES string of the molecule is O=C(CC1CCSCC1)Nc1ccccc1N1CCC(CO)CC1. The summed E-state index contributed by atoms with van der Waals surface area (Å²) in [5.41, 5.74) is 2.04. The van der Waals surface area contributed by atoms with Gasteiger partial charge in [0.05, 0.1) is 11.4 Å². The molecule has 1 aromatic rings. The van der Waals surface area contributed by atoms with Crippen LogP contribution < -0.4 is 10.2 Å². The number of aliphatic hydroxyl groups is 1. The first-order valence-electron chi connectivity index (χ1n) is 9.08. The molecule has 2 heterocycles. The molecule has 5 heteroatoms. The average molecular weight is 349 g/mol. The summed E-state index contributed by atoms with van der Waals surface area (Å²) >= 11 is 2.00. The summed E-state index contributed by atoms with van der Waals surface area (Å²) in [6.45, 7) is 2.17. The molecule has 0 saturated carbocycles. The topological polar surface area (TPSA) is 52.6 Å². The van der Waals surface area contributed by atoms with Crippen LogP contribution in [0.25, 0.3) is 0 Å². The van der Waals surface area contributed by atoms with Crippen molar-refractivity contribution in [2.45, 2.75) is 32.1 Å². The number of nitrogens with zero attached hydrogens (tertiary/aromatic N) is 1. The van der Waals surface area contributed by atoms with Gasteiger partial charge in [-0.3, -0.25) is 4.79 Å². The summed E-state index contributed by atoms with van der Waals surface area (Å²) in [5.74, 6) is 3.48. The van der Waals surface area contributed by atoms with E-state index in [1.165, 1.54) is 11.5 Å². The summed E-state index contributed by atoms with van der Waals surface area (Å²) in [4.78, 5) is 14.8. The maximum absolute atomic E-state index is 12.4. The number of amides is 1. The molecule has 4 nitrogen and oxygen atoms in total. The third-order valence-electron chi connectivity index (χ3n) is 5.21. The number of carbonyl (C=O) groups is 1. The van der Waals surface area contributed by atoms with E-state index in [0.29, 0.717) is 18.3 Å². The largest absolute Gasteiger partial charge is 0.396 e. The van der Waals surface area contributed by atoms with Crippen molar-refractivity contribution < 1.29 is 9.90 Å². The van der Waals surface area contributed by atoms with Crippen molar-refractivity contribution in [3.8, 4) is 0 Å². The Bertz CT molecular complexity index is 538. The van der Waals surface area contributed by atoms with Crippen LogP contribution in [0.1, 0.15) is 32.1 Å². The highest BCUT2D eigenvalue weighted by Crippen LogP contribution is 2.31. The number of thioether (sulfide) groups is 1. The Morgan fingerprint density at radius 1 is 1.12 bits per heavy atom. The zero-order valence-electron chi connectivity index (χ0n) is 14.2. The summed E-state index contributed by atoms with van der Waals surface area (Å²) in [6, 6.07) is 8.10. The highest BCUT2D eigenvalue weighted by molar-refractivity contribution is 7.99. The lowest BCUT2D eigenvalue weighted by Gasteiger charge is -2.34. The molecule has 1 amide bonds. The van der Waals surface area contributed by atoms with Gasteiger partial charge in [-0.15, -0.1) is 0 Å². The number of carbonyl (C=O) groups excluding carboxylic acids is 1.